The van der Waals surface area contributed by atoms with Crippen molar-refractivity contribution in [3.05, 3.63) is 41.9 Å². The number of aromatic nitrogens is 4. The molecule has 0 radical (unpaired) electrons. The van der Waals surface area contributed by atoms with Gasteiger partial charge in [0.1, 0.15) is 5.82 Å². The fraction of sp³-hybridized carbons (Fsp3) is 0.348. The van der Waals surface area contributed by atoms with E-state index < -0.39 is 0 Å². The topological polar surface area (TPSA) is 108 Å². The fourth-order valence-electron chi connectivity index (χ4n) is 4.14. The van der Waals surface area contributed by atoms with E-state index in [1.807, 2.05) is 25.4 Å². The first-order valence-electron chi connectivity index (χ1n) is 11.1. The minimum atomic E-state index is 0.462. The molecule has 1 aliphatic heterocycles. The quantitative estimate of drug-likeness (QED) is 0.267. The van der Waals surface area contributed by atoms with Crippen LogP contribution in [0.25, 0.3) is 11.4 Å². The van der Waals surface area contributed by atoms with Gasteiger partial charge in [-0.1, -0.05) is 0 Å². The number of piperazine rings is 1. The number of anilines is 3. The van der Waals surface area contributed by atoms with Crippen molar-refractivity contribution in [2.45, 2.75) is 13.3 Å². The molecule has 1 aliphatic rings. The maximum atomic E-state index is 10.9. The third kappa shape index (κ3) is 5.17. The number of amides is 2. The zero-order valence-electron chi connectivity index (χ0n) is 19.4. The average Bonchev–Trinajstić information content (AvgIpc) is 3.14. The minimum absolute atomic E-state index is 0.462. The van der Waals surface area contributed by atoms with Crippen LogP contribution in [-0.4, -0.2) is 70.0 Å². The first-order valence-corrected chi connectivity index (χ1v) is 11.7. The SMILES string of the molecule is Cc1cc(-c2nc(Nc3ccc(N4CCN(C=O)CC4)cn3)ncc2P)n(C)c1CCNC=O. The molecule has 2 amide bonds. The lowest BCUT2D eigenvalue weighted by Crippen LogP contribution is -2.45. The van der Waals surface area contributed by atoms with Crippen LogP contribution < -0.4 is 20.8 Å². The summed E-state index contributed by atoms with van der Waals surface area (Å²) in [6.45, 7) is 5.66. The molecular formula is C23H29N8O2P. The van der Waals surface area contributed by atoms with Crippen LogP contribution >= 0.6 is 9.24 Å². The second kappa shape index (κ2) is 10.6. The van der Waals surface area contributed by atoms with Crippen molar-refractivity contribution >= 4 is 44.8 Å². The van der Waals surface area contributed by atoms with E-state index in [0.29, 0.717) is 18.3 Å². The first-order chi connectivity index (χ1) is 16.5. The summed E-state index contributed by atoms with van der Waals surface area (Å²) in [6, 6.07) is 6.02. The number of pyridine rings is 1. The van der Waals surface area contributed by atoms with E-state index in [4.69, 9.17) is 4.98 Å². The summed E-state index contributed by atoms with van der Waals surface area (Å²) in [7, 11) is 4.70. The summed E-state index contributed by atoms with van der Waals surface area (Å²) >= 11 is 0. The van der Waals surface area contributed by atoms with Crippen LogP contribution in [0.15, 0.2) is 30.6 Å². The van der Waals surface area contributed by atoms with Crippen molar-refractivity contribution in [1.82, 2.24) is 29.7 Å². The molecule has 1 unspecified atom stereocenters. The van der Waals surface area contributed by atoms with Crippen molar-refractivity contribution < 1.29 is 9.59 Å². The van der Waals surface area contributed by atoms with Crippen molar-refractivity contribution in [2.75, 3.05) is 42.9 Å². The van der Waals surface area contributed by atoms with Crippen LogP contribution in [0, 0.1) is 6.92 Å². The molecule has 0 bridgehead atoms. The van der Waals surface area contributed by atoms with E-state index >= 15 is 0 Å². The average molecular weight is 481 g/mol. The Labute approximate surface area is 201 Å². The normalized spacial score (nSPS) is 13.6. The zero-order chi connectivity index (χ0) is 24.1. The van der Waals surface area contributed by atoms with Crippen LogP contribution in [0.4, 0.5) is 17.5 Å². The number of carbonyl (C=O) groups excluding carboxylic acids is 2. The third-order valence-corrected chi connectivity index (χ3v) is 6.46. The highest BCUT2D eigenvalue weighted by atomic mass is 31.0. The number of carbonyl (C=O) groups is 2. The number of aryl methyl sites for hydroxylation is 1. The van der Waals surface area contributed by atoms with Gasteiger partial charge in [-0.25, -0.2) is 15.0 Å². The summed E-state index contributed by atoms with van der Waals surface area (Å²) in [4.78, 5) is 39.2. The predicted molar refractivity (Wildman–Crippen MR) is 136 cm³/mol. The largest absolute Gasteiger partial charge is 0.367 e. The number of rotatable bonds is 9. The molecule has 0 aromatic carbocycles. The first kappa shape index (κ1) is 23.6. The molecule has 11 heteroatoms. The van der Waals surface area contributed by atoms with E-state index in [-0.39, 0.29) is 0 Å². The van der Waals surface area contributed by atoms with Crippen LogP contribution in [0.5, 0.6) is 0 Å². The highest BCUT2D eigenvalue weighted by Gasteiger charge is 2.17. The standard InChI is InChI=1S/C23H29N8O2P/c1-16-11-19(29(2)18(16)5-6-24-14-32)22-20(34)13-26-23(28-22)27-21-4-3-17(12-25-21)31-9-7-30(15-33)8-10-31/h3-4,11-15H,5-10,34H2,1-2H3,(H,24,32)(H,25,26,27,28). The number of hydrogen-bond donors (Lipinski definition) is 2. The van der Waals surface area contributed by atoms with Gasteiger partial charge in [0.15, 0.2) is 0 Å². The molecule has 1 fully saturated rings. The lowest BCUT2D eigenvalue weighted by Gasteiger charge is -2.33. The van der Waals surface area contributed by atoms with Gasteiger partial charge in [-0.2, -0.15) is 0 Å². The van der Waals surface area contributed by atoms with Crippen molar-refractivity contribution in [1.29, 1.82) is 0 Å². The van der Waals surface area contributed by atoms with Gasteiger partial charge in [-0.05, 0) is 30.7 Å². The third-order valence-electron chi connectivity index (χ3n) is 6.04. The van der Waals surface area contributed by atoms with Crippen molar-refractivity contribution in [3.63, 3.8) is 0 Å². The Morgan fingerprint density at radius 3 is 2.59 bits per heavy atom. The van der Waals surface area contributed by atoms with Crippen LogP contribution in [0.1, 0.15) is 11.3 Å². The summed E-state index contributed by atoms with van der Waals surface area (Å²) < 4.78 is 2.11. The highest BCUT2D eigenvalue weighted by molar-refractivity contribution is 7.27. The van der Waals surface area contributed by atoms with E-state index in [9.17, 15) is 9.59 Å². The maximum absolute atomic E-state index is 10.9. The monoisotopic (exact) mass is 480 g/mol. The van der Waals surface area contributed by atoms with Gasteiger partial charge in [-0.15, -0.1) is 9.24 Å². The molecule has 10 nitrogen and oxygen atoms in total. The molecule has 0 saturated carbocycles. The van der Waals surface area contributed by atoms with Gasteiger partial charge < -0.3 is 25.0 Å². The molecule has 2 N–H and O–H groups in total. The molecule has 1 saturated heterocycles. The summed E-state index contributed by atoms with van der Waals surface area (Å²) in [5, 5.41) is 6.80. The maximum Gasteiger partial charge on any atom is 0.228 e. The smallest absolute Gasteiger partial charge is 0.228 e. The Bertz CT molecular complexity index is 1160. The number of nitrogens with one attached hydrogen (secondary N) is 2. The lowest BCUT2D eigenvalue weighted by molar-refractivity contribution is -0.118. The number of hydrogen-bond acceptors (Lipinski definition) is 7. The Morgan fingerprint density at radius 1 is 1.12 bits per heavy atom. The van der Waals surface area contributed by atoms with Crippen LogP contribution in [-0.2, 0) is 23.1 Å². The zero-order valence-corrected chi connectivity index (χ0v) is 20.5. The lowest BCUT2D eigenvalue weighted by atomic mass is 10.2. The molecule has 3 aromatic heterocycles. The summed E-state index contributed by atoms with van der Waals surface area (Å²) in [6.07, 6.45) is 5.95. The van der Waals surface area contributed by atoms with Gasteiger partial charge in [0.25, 0.3) is 0 Å². The van der Waals surface area contributed by atoms with Crippen molar-refractivity contribution in [3.8, 4) is 11.4 Å². The van der Waals surface area contributed by atoms with Gasteiger partial charge in [0, 0.05) is 63.4 Å². The Hall–Kier alpha value is -3.52. The molecule has 4 heterocycles. The molecule has 3 aromatic rings. The summed E-state index contributed by atoms with van der Waals surface area (Å²) in [5.74, 6) is 1.12. The molecule has 1 atom stereocenters. The minimum Gasteiger partial charge on any atom is -0.367 e. The second-order valence-electron chi connectivity index (χ2n) is 8.19. The highest BCUT2D eigenvalue weighted by Crippen LogP contribution is 2.25. The predicted octanol–water partition coefficient (Wildman–Crippen LogP) is 0.996. The van der Waals surface area contributed by atoms with E-state index in [0.717, 1.165) is 79.1 Å². The van der Waals surface area contributed by atoms with Gasteiger partial charge in [-0.3, -0.25) is 9.59 Å². The van der Waals surface area contributed by atoms with Crippen LogP contribution in [0.2, 0.25) is 0 Å². The summed E-state index contributed by atoms with van der Waals surface area (Å²) in [5.41, 5.74) is 5.11. The molecular weight excluding hydrogens is 451 g/mol. The molecule has 4 rings (SSSR count). The van der Waals surface area contributed by atoms with Gasteiger partial charge in [0.05, 0.1) is 23.3 Å². The second-order valence-corrected chi connectivity index (χ2v) is 8.81. The molecule has 34 heavy (non-hydrogen) atoms. The molecule has 0 aliphatic carbocycles. The fourth-order valence-corrected chi connectivity index (χ4v) is 4.43. The Balaban J connectivity index is 1.49. The van der Waals surface area contributed by atoms with E-state index in [1.54, 1.807) is 11.1 Å². The molecule has 178 valence electrons. The van der Waals surface area contributed by atoms with E-state index in [2.05, 4.69) is 52.3 Å². The Kier molecular flexibility index (Phi) is 7.37. The van der Waals surface area contributed by atoms with E-state index in [1.165, 1.54) is 0 Å². The van der Waals surface area contributed by atoms with Gasteiger partial charge >= 0.3 is 0 Å². The van der Waals surface area contributed by atoms with Gasteiger partial charge in [0.2, 0.25) is 18.8 Å². The Morgan fingerprint density at radius 2 is 1.91 bits per heavy atom. The number of nitrogens with zero attached hydrogens (tertiary/aromatic N) is 6. The molecule has 0 spiro atoms. The van der Waals surface area contributed by atoms with Crippen LogP contribution in [0.3, 0.4) is 0 Å². The van der Waals surface area contributed by atoms with Crippen molar-refractivity contribution in [2.24, 2.45) is 7.05 Å².